The molecule has 1 saturated heterocycles. The van der Waals surface area contributed by atoms with Crippen LogP contribution in [0.15, 0.2) is 4.99 Å². The monoisotopic (exact) mass is 452 g/mol. The van der Waals surface area contributed by atoms with E-state index in [-0.39, 0.29) is 35.3 Å². The number of carbonyl (C=O) groups excluding carboxylic acids is 1. The third kappa shape index (κ3) is 3.98. The van der Waals surface area contributed by atoms with Crippen LogP contribution < -0.4 is 5.32 Å². The molecule has 0 aromatic carbocycles. The molecule has 24 heavy (non-hydrogen) atoms. The number of hydrogen-bond donors (Lipinski definition) is 1. The first-order valence-electron chi connectivity index (χ1n) is 8.70. The smallest absolute Gasteiger partial charge is 0.242 e. The predicted molar refractivity (Wildman–Crippen MR) is 108 cm³/mol. The lowest BCUT2D eigenvalue weighted by Crippen LogP contribution is -2.68. The number of likely N-dealkylation sites (N-methyl/N-ethyl adjacent to an activating group) is 2. The zero-order chi connectivity index (χ0) is 17.2. The van der Waals surface area contributed by atoms with Crippen LogP contribution in [-0.2, 0) is 9.53 Å². The number of hydrogen-bond acceptors (Lipinski definition) is 3. The van der Waals surface area contributed by atoms with Crippen molar-refractivity contribution in [2.24, 2.45) is 16.3 Å². The summed E-state index contributed by atoms with van der Waals surface area (Å²) in [6, 6.07) is 0.347. The Hall–Kier alpha value is -0.570. The lowest BCUT2D eigenvalue weighted by Gasteiger charge is -2.55. The average molecular weight is 452 g/mol. The van der Waals surface area contributed by atoms with E-state index in [1.54, 1.807) is 7.05 Å². The molecule has 0 bridgehead atoms. The number of rotatable bonds is 5. The van der Waals surface area contributed by atoms with Gasteiger partial charge in [0.25, 0.3) is 0 Å². The van der Waals surface area contributed by atoms with Gasteiger partial charge in [0.2, 0.25) is 5.91 Å². The Morgan fingerprint density at radius 1 is 1.33 bits per heavy atom. The average Bonchev–Trinajstić information content (AvgIpc) is 2.96. The predicted octanol–water partition coefficient (Wildman–Crippen LogP) is 1.79. The van der Waals surface area contributed by atoms with Crippen molar-refractivity contribution in [1.82, 2.24) is 15.1 Å². The van der Waals surface area contributed by atoms with E-state index in [0.717, 1.165) is 32.1 Å². The van der Waals surface area contributed by atoms with Crippen LogP contribution in [0, 0.1) is 11.3 Å². The van der Waals surface area contributed by atoms with E-state index in [0.29, 0.717) is 24.6 Å². The molecule has 1 aliphatic heterocycles. The Morgan fingerprint density at radius 2 is 1.96 bits per heavy atom. The van der Waals surface area contributed by atoms with Gasteiger partial charge in [-0.2, -0.15) is 0 Å². The molecule has 1 heterocycles. The van der Waals surface area contributed by atoms with Gasteiger partial charge in [0.15, 0.2) is 5.96 Å². The summed E-state index contributed by atoms with van der Waals surface area (Å²) in [5.74, 6) is 1.47. The van der Waals surface area contributed by atoms with Gasteiger partial charge in [0.1, 0.15) is 0 Å². The molecule has 1 saturated carbocycles. The van der Waals surface area contributed by atoms with E-state index in [1.165, 1.54) is 0 Å². The zero-order valence-corrected chi connectivity index (χ0v) is 18.2. The first kappa shape index (κ1) is 21.5. The van der Waals surface area contributed by atoms with E-state index >= 15 is 0 Å². The molecule has 0 aromatic heterocycles. The number of aliphatic imine (C=N–C) groups is 1. The maximum absolute atomic E-state index is 12.3. The van der Waals surface area contributed by atoms with Crippen molar-refractivity contribution in [2.75, 3.05) is 40.3 Å². The minimum atomic E-state index is 0. The number of halogens is 1. The molecule has 7 heteroatoms. The van der Waals surface area contributed by atoms with Crippen molar-refractivity contribution in [3.8, 4) is 0 Å². The molecular weight excluding hydrogens is 419 g/mol. The van der Waals surface area contributed by atoms with Gasteiger partial charge in [0, 0.05) is 51.2 Å². The summed E-state index contributed by atoms with van der Waals surface area (Å²) >= 11 is 0. The summed E-state index contributed by atoms with van der Waals surface area (Å²) in [4.78, 5) is 20.4. The van der Waals surface area contributed by atoms with E-state index in [9.17, 15) is 4.79 Å². The van der Waals surface area contributed by atoms with Crippen molar-refractivity contribution < 1.29 is 9.53 Å². The van der Waals surface area contributed by atoms with E-state index < -0.39 is 0 Å². The Labute approximate surface area is 163 Å². The van der Waals surface area contributed by atoms with Crippen LogP contribution in [0.4, 0.5) is 0 Å². The molecule has 140 valence electrons. The topological polar surface area (TPSA) is 57.2 Å². The van der Waals surface area contributed by atoms with Crippen molar-refractivity contribution in [2.45, 2.75) is 46.3 Å². The highest BCUT2D eigenvalue weighted by Gasteiger charge is 2.59. The highest BCUT2D eigenvalue weighted by molar-refractivity contribution is 14.0. The maximum Gasteiger partial charge on any atom is 0.242 e. The maximum atomic E-state index is 12.3. The quantitative estimate of drug-likeness (QED) is 0.393. The Morgan fingerprint density at radius 3 is 2.50 bits per heavy atom. The summed E-state index contributed by atoms with van der Waals surface area (Å²) in [6.45, 7) is 11.2. The summed E-state index contributed by atoms with van der Waals surface area (Å²) in [5.41, 5.74) is 0.0980. The minimum Gasteiger partial charge on any atom is -0.377 e. The molecule has 1 N–H and O–H groups in total. The van der Waals surface area contributed by atoms with Gasteiger partial charge in [-0.05, 0) is 20.3 Å². The van der Waals surface area contributed by atoms with Gasteiger partial charge in [-0.3, -0.25) is 9.79 Å². The van der Waals surface area contributed by atoms with Crippen LogP contribution in [0.2, 0.25) is 0 Å². The molecule has 1 amide bonds. The van der Waals surface area contributed by atoms with Gasteiger partial charge in [0.05, 0.1) is 12.6 Å². The van der Waals surface area contributed by atoms with Crippen LogP contribution >= 0.6 is 24.0 Å². The van der Waals surface area contributed by atoms with Crippen LogP contribution in [0.1, 0.15) is 34.1 Å². The number of fused-ring (bicyclic) bond motifs is 1. The van der Waals surface area contributed by atoms with Gasteiger partial charge < -0.3 is 19.9 Å². The van der Waals surface area contributed by atoms with Crippen LogP contribution in [0.25, 0.3) is 0 Å². The third-order valence-electron chi connectivity index (χ3n) is 5.45. The second-order valence-corrected chi connectivity index (χ2v) is 7.16. The molecule has 3 atom stereocenters. The molecule has 0 radical (unpaired) electrons. The van der Waals surface area contributed by atoms with Crippen molar-refractivity contribution in [3.05, 3.63) is 0 Å². The van der Waals surface area contributed by atoms with E-state index in [1.807, 2.05) is 30.7 Å². The molecule has 0 aromatic rings. The van der Waals surface area contributed by atoms with Crippen LogP contribution in [0.3, 0.4) is 0 Å². The fourth-order valence-electron chi connectivity index (χ4n) is 4.06. The molecule has 2 aliphatic rings. The Kier molecular flexibility index (Phi) is 7.77. The van der Waals surface area contributed by atoms with Gasteiger partial charge in [-0.1, -0.05) is 13.8 Å². The number of amides is 1. The molecule has 2 fully saturated rings. The van der Waals surface area contributed by atoms with Gasteiger partial charge in [-0.15, -0.1) is 24.0 Å². The van der Waals surface area contributed by atoms with E-state index in [4.69, 9.17) is 4.74 Å². The number of guanidine groups is 1. The molecule has 0 spiro atoms. The summed E-state index contributed by atoms with van der Waals surface area (Å²) in [6.07, 6.45) is 1.45. The number of carbonyl (C=O) groups is 1. The molecule has 6 nitrogen and oxygen atoms in total. The second kappa shape index (κ2) is 8.69. The second-order valence-electron chi connectivity index (χ2n) is 7.16. The first-order valence-corrected chi connectivity index (χ1v) is 8.70. The van der Waals surface area contributed by atoms with Crippen molar-refractivity contribution in [3.63, 3.8) is 0 Å². The molecule has 2 rings (SSSR count). The van der Waals surface area contributed by atoms with Crippen molar-refractivity contribution >= 4 is 35.8 Å². The lowest BCUT2D eigenvalue weighted by atomic mass is 9.57. The number of nitrogens with one attached hydrogen (secondary N) is 1. The minimum absolute atomic E-state index is 0. The summed E-state index contributed by atoms with van der Waals surface area (Å²) < 4.78 is 5.84. The van der Waals surface area contributed by atoms with Crippen molar-refractivity contribution in [1.29, 1.82) is 0 Å². The largest absolute Gasteiger partial charge is 0.377 e. The number of nitrogens with zero attached hydrogens (tertiary/aromatic N) is 3. The van der Waals surface area contributed by atoms with Crippen LogP contribution in [-0.4, -0.2) is 74.1 Å². The van der Waals surface area contributed by atoms with E-state index in [2.05, 4.69) is 24.2 Å². The fraction of sp³-hybridized carbons (Fsp3) is 0.882. The molecule has 1 aliphatic carbocycles. The first-order chi connectivity index (χ1) is 10.9. The number of ether oxygens (including phenoxy) is 1. The summed E-state index contributed by atoms with van der Waals surface area (Å²) in [7, 11) is 3.69. The Bertz CT molecular complexity index is 466. The standard InChI is InChI=1S/C17H32N4O2.HI/c1-7-21(8-2)13(22)11-20(6)16(18-5)19-14-12-9-10-23-15(12)17(14,3)4;/h12,14-15H,7-11H2,1-6H3,(H,18,19);1H. The lowest BCUT2D eigenvalue weighted by molar-refractivity contribution is -0.131. The highest BCUT2D eigenvalue weighted by Crippen LogP contribution is 2.52. The van der Waals surface area contributed by atoms with Crippen LogP contribution in [0.5, 0.6) is 0 Å². The zero-order valence-electron chi connectivity index (χ0n) is 15.8. The van der Waals surface area contributed by atoms with Gasteiger partial charge >= 0.3 is 0 Å². The highest BCUT2D eigenvalue weighted by atomic mass is 127. The SMILES string of the molecule is CCN(CC)C(=O)CN(C)C(=NC)NC1C2CCOC2C1(C)C.I. The molecule has 3 unspecified atom stereocenters. The van der Waals surface area contributed by atoms with Gasteiger partial charge in [-0.25, -0.2) is 0 Å². The normalized spacial score (nSPS) is 27.6. The summed E-state index contributed by atoms with van der Waals surface area (Å²) in [5, 5.41) is 3.57. The Balaban J connectivity index is 0.00000288. The fourth-order valence-corrected chi connectivity index (χ4v) is 4.06. The third-order valence-corrected chi connectivity index (χ3v) is 5.45. The molecular formula is C17H33IN4O2.